The second-order valence-corrected chi connectivity index (χ2v) is 10.6. The fraction of sp³-hybridized carbons (Fsp3) is 0.310. The molecule has 0 atom stereocenters. The first-order chi connectivity index (χ1) is 15.1. The van der Waals surface area contributed by atoms with E-state index in [1.165, 1.54) is 16.7 Å². The van der Waals surface area contributed by atoms with Crippen LogP contribution in [0.4, 0.5) is 11.5 Å². The third-order valence-corrected chi connectivity index (χ3v) is 5.85. The molecule has 3 aromatic carbocycles. The van der Waals surface area contributed by atoms with Crippen LogP contribution < -0.4 is 5.32 Å². The Morgan fingerprint density at radius 2 is 1.12 bits per heavy atom. The van der Waals surface area contributed by atoms with E-state index in [1.807, 2.05) is 24.3 Å². The van der Waals surface area contributed by atoms with Gasteiger partial charge in [0.2, 0.25) is 0 Å². The summed E-state index contributed by atoms with van der Waals surface area (Å²) in [6.45, 7) is 13.4. The summed E-state index contributed by atoms with van der Waals surface area (Å²) in [5.74, 6) is 0.812. The minimum atomic E-state index is 0.131. The van der Waals surface area contributed by atoms with Crippen LogP contribution in [0.1, 0.15) is 63.9 Å². The molecule has 0 spiro atoms. The summed E-state index contributed by atoms with van der Waals surface area (Å²) < 4.78 is 0. The molecular weight excluding hydrogens is 390 g/mol. The first-order valence-electron chi connectivity index (χ1n) is 11.3. The second-order valence-electron chi connectivity index (χ2n) is 10.6. The van der Waals surface area contributed by atoms with Crippen molar-refractivity contribution in [1.29, 1.82) is 0 Å². The van der Waals surface area contributed by atoms with Crippen molar-refractivity contribution in [2.45, 2.75) is 58.8 Å². The van der Waals surface area contributed by atoms with Crippen molar-refractivity contribution in [3.8, 4) is 0 Å². The predicted octanol–water partition coefficient (Wildman–Crippen LogP) is 7.56. The molecule has 0 aliphatic rings. The van der Waals surface area contributed by atoms with Gasteiger partial charge in [-0.3, -0.25) is 0 Å². The Balaban J connectivity index is 1.67. The highest BCUT2D eigenvalue weighted by Crippen LogP contribution is 2.28. The molecule has 0 aliphatic heterocycles. The molecule has 3 heteroatoms. The lowest BCUT2D eigenvalue weighted by atomic mass is 9.86. The fourth-order valence-corrected chi connectivity index (χ4v) is 3.77. The highest BCUT2D eigenvalue weighted by atomic mass is 15.0. The monoisotopic (exact) mass is 423 g/mol. The third-order valence-electron chi connectivity index (χ3n) is 5.85. The number of fused-ring (bicyclic) bond motifs is 1. The van der Waals surface area contributed by atoms with Gasteiger partial charge in [0, 0.05) is 12.1 Å². The zero-order chi connectivity index (χ0) is 22.9. The van der Waals surface area contributed by atoms with E-state index < -0.39 is 0 Å². The smallest absolute Gasteiger partial charge is 0.153 e. The topological polar surface area (TPSA) is 37.8 Å². The first kappa shape index (κ1) is 22.0. The maximum Gasteiger partial charge on any atom is 0.153 e. The SMILES string of the molecule is CC(C)(C)c1ccc(Cc2nc3ccccc3nc2Nc2ccc(C(C)(C)C)cc2)cc1. The fourth-order valence-electron chi connectivity index (χ4n) is 3.77. The molecule has 1 N–H and O–H groups in total. The van der Waals surface area contributed by atoms with Gasteiger partial charge in [-0.2, -0.15) is 0 Å². The Morgan fingerprint density at radius 1 is 0.625 bits per heavy atom. The molecule has 0 saturated heterocycles. The number of rotatable bonds is 4. The number of hydrogen-bond acceptors (Lipinski definition) is 3. The summed E-state index contributed by atoms with van der Waals surface area (Å²) in [4.78, 5) is 9.89. The van der Waals surface area contributed by atoms with Crippen LogP contribution in [0.2, 0.25) is 0 Å². The van der Waals surface area contributed by atoms with Crippen molar-refractivity contribution in [3.63, 3.8) is 0 Å². The van der Waals surface area contributed by atoms with E-state index in [1.54, 1.807) is 0 Å². The average molecular weight is 424 g/mol. The lowest BCUT2D eigenvalue weighted by Crippen LogP contribution is -2.11. The van der Waals surface area contributed by atoms with Crippen molar-refractivity contribution in [3.05, 3.63) is 95.2 Å². The maximum atomic E-state index is 4.97. The summed E-state index contributed by atoms with van der Waals surface area (Å²) in [6.07, 6.45) is 0.727. The van der Waals surface area contributed by atoms with Gasteiger partial charge >= 0.3 is 0 Å². The number of para-hydroxylation sites is 2. The Kier molecular flexibility index (Phi) is 5.77. The molecule has 0 aliphatic carbocycles. The summed E-state index contributed by atoms with van der Waals surface area (Å²) in [7, 11) is 0. The predicted molar refractivity (Wildman–Crippen MR) is 136 cm³/mol. The second kappa shape index (κ2) is 8.38. The van der Waals surface area contributed by atoms with Crippen LogP contribution in [0.15, 0.2) is 72.8 Å². The van der Waals surface area contributed by atoms with Gasteiger partial charge in [-0.1, -0.05) is 90.1 Å². The Labute approximate surface area is 192 Å². The zero-order valence-electron chi connectivity index (χ0n) is 20.0. The molecule has 0 fully saturated rings. The van der Waals surface area contributed by atoms with Crippen LogP contribution >= 0.6 is 0 Å². The molecule has 0 unspecified atom stereocenters. The van der Waals surface area contributed by atoms with Gasteiger partial charge in [-0.25, -0.2) is 9.97 Å². The molecular formula is C29H33N3. The molecule has 0 amide bonds. The third kappa shape index (κ3) is 4.99. The summed E-state index contributed by atoms with van der Waals surface area (Å²) in [5.41, 5.74) is 7.94. The van der Waals surface area contributed by atoms with Gasteiger partial charge < -0.3 is 5.32 Å². The van der Waals surface area contributed by atoms with Crippen LogP contribution in [0.5, 0.6) is 0 Å². The van der Waals surface area contributed by atoms with E-state index in [0.717, 1.165) is 34.7 Å². The van der Waals surface area contributed by atoms with E-state index in [9.17, 15) is 0 Å². The summed E-state index contributed by atoms with van der Waals surface area (Å²) in [5, 5.41) is 3.53. The molecule has 4 aromatic rings. The molecule has 0 bridgehead atoms. The molecule has 3 nitrogen and oxygen atoms in total. The van der Waals surface area contributed by atoms with Crippen molar-refractivity contribution in [2.24, 2.45) is 0 Å². The minimum absolute atomic E-state index is 0.131. The molecule has 1 heterocycles. The quantitative estimate of drug-likeness (QED) is 0.368. The van der Waals surface area contributed by atoms with Gasteiger partial charge in [0.25, 0.3) is 0 Å². The van der Waals surface area contributed by atoms with E-state index in [4.69, 9.17) is 9.97 Å². The number of hydrogen-bond donors (Lipinski definition) is 1. The summed E-state index contributed by atoms with van der Waals surface area (Å²) >= 11 is 0. The molecule has 0 saturated carbocycles. The summed E-state index contributed by atoms with van der Waals surface area (Å²) in [6, 6.07) is 25.5. The first-order valence-corrected chi connectivity index (χ1v) is 11.3. The van der Waals surface area contributed by atoms with Gasteiger partial charge in [0.1, 0.15) is 0 Å². The minimum Gasteiger partial charge on any atom is -0.339 e. The molecule has 0 radical (unpaired) electrons. The van der Waals surface area contributed by atoms with Crippen LogP contribution in [-0.4, -0.2) is 9.97 Å². The Bertz CT molecular complexity index is 1110. The number of nitrogens with one attached hydrogen (secondary N) is 1. The van der Waals surface area contributed by atoms with E-state index >= 15 is 0 Å². The van der Waals surface area contributed by atoms with Gasteiger partial charge in [-0.05, 0) is 51.8 Å². The number of benzene rings is 3. The maximum absolute atomic E-state index is 4.97. The standard InChI is InChI=1S/C29H33N3/c1-28(2,3)21-13-11-20(12-14-21)19-26-27(32-25-10-8-7-9-24(25)31-26)30-23-17-15-22(16-18-23)29(4,5)6/h7-18H,19H2,1-6H3,(H,30,32). The molecule has 32 heavy (non-hydrogen) atoms. The van der Waals surface area contributed by atoms with Crippen molar-refractivity contribution >= 4 is 22.5 Å². The lowest BCUT2D eigenvalue weighted by Gasteiger charge is -2.20. The van der Waals surface area contributed by atoms with Crippen molar-refractivity contribution in [2.75, 3.05) is 5.32 Å². The van der Waals surface area contributed by atoms with Gasteiger partial charge in [0.05, 0.1) is 16.7 Å². The van der Waals surface area contributed by atoms with Gasteiger partial charge in [0.15, 0.2) is 5.82 Å². The average Bonchev–Trinajstić information content (AvgIpc) is 2.73. The number of anilines is 2. The largest absolute Gasteiger partial charge is 0.339 e. The Hall–Kier alpha value is -3.20. The normalized spacial score (nSPS) is 12.2. The Morgan fingerprint density at radius 3 is 1.66 bits per heavy atom. The highest BCUT2D eigenvalue weighted by Gasteiger charge is 2.16. The lowest BCUT2D eigenvalue weighted by molar-refractivity contribution is 0.590. The van der Waals surface area contributed by atoms with Gasteiger partial charge in [-0.15, -0.1) is 0 Å². The van der Waals surface area contributed by atoms with Crippen molar-refractivity contribution < 1.29 is 0 Å². The molecule has 1 aromatic heterocycles. The van der Waals surface area contributed by atoms with Crippen LogP contribution in [0, 0.1) is 0 Å². The van der Waals surface area contributed by atoms with Crippen LogP contribution in [-0.2, 0) is 17.3 Å². The zero-order valence-corrected chi connectivity index (χ0v) is 20.0. The van der Waals surface area contributed by atoms with E-state index in [2.05, 4.69) is 95.4 Å². The molecule has 4 rings (SSSR count). The molecule has 164 valence electrons. The van der Waals surface area contributed by atoms with Crippen molar-refractivity contribution in [1.82, 2.24) is 9.97 Å². The van der Waals surface area contributed by atoms with E-state index in [-0.39, 0.29) is 10.8 Å². The number of nitrogens with zero attached hydrogens (tertiary/aromatic N) is 2. The van der Waals surface area contributed by atoms with Crippen LogP contribution in [0.25, 0.3) is 11.0 Å². The number of aromatic nitrogens is 2. The van der Waals surface area contributed by atoms with Crippen LogP contribution in [0.3, 0.4) is 0 Å². The van der Waals surface area contributed by atoms with E-state index in [0.29, 0.717) is 0 Å². The highest BCUT2D eigenvalue weighted by molar-refractivity contribution is 5.77.